The van der Waals surface area contributed by atoms with Crippen molar-refractivity contribution in [2.75, 3.05) is 31.6 Å². The number of likely N-dealkylation sites (tertiary alicyclic amines) is 1. The van der Waals surface area contributed by atoms with Crippen molar-refractivity contribution in [3.05, 3.63) is 53.9 Å². The van der Waals surface area contributed by atoms with Crippen molar-refractivity contribution in [2.24, 2.45) is 0 Å². The molecule has 4 rings (SSSR count). The number of aromatic nitrogens is 2. The largest absolute Gasteiger partial charge is 0.490 e. The highest BCUT2D eigenvalue weighted by Crippen LogP contribution is 2.31. The number of hydrogen-bond donors (Lipinski definition) is 1. The van der Waals surface area contributed by atoms with Gasteiger partial charge in [0.15, 0.2) is 11.5 Å². The summed E-state index contributed by atoms with van der Waals surface area (Å²) in [5, 5.41) is 6.87. The van der Waals surface area contributed by atoms with E-state index in [1.165, 1.54) is 6.92 Å². The average molecular weight is 493 g/mol. The number of piperidine rings is 1. The summed E-state index contributed by atoms with van der Waals surface area (Å²) >= 11 is 0. The van der Waals surface area contributed by atoms with Crippen LogP contribution in [0.15, 0.2) is 47.0 Å². The fourth-order valence-corrected chi connectivity index (χ4v) is 4.32. The molecule has 0 saturated carbocycles. The summed E-state index contributed by atoms with van der Waals surface area (Å²) in [5.41, 5.74) is 2.39. The number of anilines is 1. The lowest BCUT2D eigenvalue weighted by Gasteiger charge is -2.31. The van der Waals surface area contributed by atoms with Gasteiger partial charge >= 0.3 is 0 Å². The molecule has 0 bridgehead atoms. The summed E-state index contributed by atoms with van der Waals surface area (Å²) in [5.74, 6) is 2.28. The molecule has 9 nitrogen and oxygen atoms in total. The quantitative estimate of drug-likeness (QED) is 0.471. The van der Waals surface area contributed by atoms with Crippen LogP contribution in [0.2, 0.25) is 0 Å². The van der Waals surface area contributed by atoms with Gasteiger partial charge < -0.3 is 24.2 Å². The predicted molar refractivity (Wildman–Crippen MR) is 135 cm³/mol. The minimum absolute atomic E-state index is 0.0121. The van der Waals surface area contributed by atoms with E-state index in [-0.39, 0.29) is 24.2 Å². The predicted octanol–water partition coefficient (Wildman–Crippen LogP) is 4.44. The van der Waals surface area contributed by atoms with Crippen LogP contribution >= 0.6 is 0 Å². The topological polar surface area (TPSA) is 107 Å². The van der Waals surface area contributed by atoms with Gasteiger partial charge in [0.1, 0.15) is 0 Å². The van der Waals surface area contributed by atoms with Crippen LogP contribution in [0.3, 0.4) is 0 Å². The number of nitrogens with one attached hydrogen (secondary N) is 1. The van der Waals surface area contributed by atoms with Crippen molar-refractivity contribution < 1.29 is 23.6 Å². The first-order valence-electron chi connectivity index (χ1n) is 12.3. The van der Waals surface area contributed by atoms with E-state index in [9.17, 15) is 9.59 Å². The first-order chi connectivity index (χ1) is 17.5. The summed E-state index contributed by atoms with van der Waals surface area (Å²) in [6, 6.07) is 12.9. The first kappa shape index (κ1) is 25.2. The fraction of sp³-hybridized carbons (Fsp3) is 0.407. The second-order valence-corrected chi connectivity index (χ2v) is 8.72. The minimum atomic E-state index is -0.127. The van der Waals surface area contributed by atoms with Gasteiger partial charge in [-0.15, -0.1) is 0 Å². The molecule has 0 aliphatic carbocycles. The minimum Gasteiger partial charge on any atom is -0.490 e. The Morgan fingerprint density at radius 1 is 1.08 bits per heavy atom. The third-order valence-electron chi connectivity index (χ3n) is 5.99. The SMILES string of the molecule is CCOc1ccc(CC(=O)N2CCC[C@H](c3nc(-c4ccc(NC(C)=O)cc4)no3)C2)cc1OCC. The number of rotatable bonds is 9. The average Bonchev–Trinajstić information content (AvgIpc) is 3.36. The van der Waals surface area contributed by atoms with Crippen molar-refractivity contribution >= 4 is 17.5 Å². The maximum atomic E-state index is 13.1. The molecule has 0 spiro atoms. The number of nitrogens with zero attached hydrogens (tertiary/aromatic N) is 3. The lowest BCUT2D eigenvalue weighted by Crippen LogP contribution is -2.40. The maximum Gasteiger partial charge on any atom is 0.231 e. The number of hydrogen-bond acceptors (Lipinski definition) is 7. The summed E-state index contributed by atoms with van der Waals surface area (Å²) in [6.07, 6.45) is 2.03. The Morgan fingerprint density at radius 3 is 2.56 bits per heavy atom. The summed E-state index contributed by atoms with van der Waals surface area (Å²) in [6.45, 7) is 7.63. The Bertz CT molecular complexity index is 1190. The molecule has 1 fully saturated rings. The zero-order valence-corrected chi connectivity index (χ0v) is 21.0. The van der Waals surface area contributed by atoms with Crippen LogP contribution in [0.1, 0.15) is 51.0 Å². The highest BCUT2D eigenvalue weighted by atomic mass is 16.5. The molecule has 1 atom stereocenters. The van der Waals surface area contributed by atoms with Gasteiger partial charge in [0.25, 0.3) is 0 Å². The van der Waals surface area contributed by atoms with Crippen LogP contribution in [0.25, 0.3) is 11.4 Å². The van der Waals surface area contributed by atoms with E-state index >= 15 is 0 Å². The van der Waals surface area contributed by atoms with Gasteiger partial charge in [0.05, 0.1) is 25.6 Å². The van der Waals surface area contributed by atoms with Gasteiger partial charge in [0, 0.05) is 31.3 Å². The molecule has 1 N–H and O–H groups in total. The number of carbonyl (C=O) groups is 2. The summed E-state index contributed by atoms with van der Waals surface area (Å²) < 4.78 is 16.9. The van der Waals surface area contributed by atoms with Gasteiger partial charge in [0.2, 0.25) is 23.5 Å². The molecular weight excluding hydrogens is 460 g/mol. The number of amides is 2. The lowest BCUT2D eigenvalue weighted by molar-refractivity contribution is -0.131. The van der Waals surface area contributed by atoms with Gasteiger partial charge in [-0.05, 0) is 68.7 Å². The Kier molecular flexibility index (Phi) is 8.20. The zero-order chi connectivity index (χ0) is 25.5. The summed E-state index contributed by atoms with van der Waals surface area (Å²) in [4.78, 5) is 30.8. The standard InChI is InChI=1S/C27H32N4O5/c1-4-34-23-13-8-19(15-24(23)35-5-2)16-25(33)31-14-6-7-21(17-31)27-29-26(30-36-27)20-9-11-22(12-10-20)28-18(3)32/h8-13,15,21H,4-7,14,16-17H2,1-3H3,(H,28,32)/t21-/m0/s1. The van der Waals surface area contributed by atoms with E-state index < -0.39 is 0 Å². The number of benzene rings is 2. The molecule has 2 amide bonds. The van der Waals surface area contributed by atoms with Gasteiger partial charge in [-0.3, -0.25) is 9.59 Å². The zero-order valence-electron chi connectivity index (χ0n) is 21.0. The molecule has 2 heterocycles. The Balaban J connectivity index is 1.40. The smallest absolute Gasteiger partial charge is 0.231 e. The van der Waals surface area contributed by atoms with E-state index in [1.807, 2.05) is 49.1 Å². The van der Waals surface area contributed by atoms with Gasteiger partial charge in [-0.25, -0.2) is 0 Å². The van der Waals surface area contributed by atoms with E-state index in [0.717, 1.165) is 24.0 Å². The Morgan fingerprint density at radius 2 is 1.83 bits per heavy atom. The number of carbonyl (C=O) groups excluding carboxylic acids is 2. The fourth-order valence-electron chi connectivity index (χ4n) is 4.32. The molecule has 2 aromatic carbocycles. The van der Waals surface area contributed by atoms with Crippen molar-refractivity contribution in [3.8, 4) is 22.9 Å². The highest BCUT2D eigenvalue weighted by molar-refractivity contribution is 5.88. The summed E-state index contributed by atoms with van der Waals surface area (Å²) in [7, 11) is 0. The van der Waals surface area contributed by atoms with Crippen LogP contribution in [0, 0.1) is 0 Å². The van der Waals surface area contributed by atoms with Crippen LogP contribution < -0.4 is 14.8 Å². The third-order valence-corrected chi connectivity index (χ3v) is 5.99. The van der Waals surface area contributed by atoms with Crippen LogP contribution in [0.4, 0.5) is 5.69 Å². The lowest BCUT2D eigenvalue weighted by atomic mass is 9.97. The molecule has 9 heteroatoms. The molecule has 190 valence electrons. The second-order valence-electron chi connectivity index (χ2n) is 8.72. The Labute approximate surface area is 210 Å². The monoisotopic (exact) mass is 492 g/mol. The van der Waals surface area contributed by atoms with Crippen molar-refractivity contribution in [1.82, 2.24) is 15.0 Å². The molecule has 36 heavy (non-hydrogen) atoms. The van der Waals surface area contributed by atoms with E-state index in [4.69, 9.17) is 14.0 Å². The second kappa shape index (κ2) is 11.7. The highest BCUT2D eigenvalue weighted by Gasteiger charge is 2.29. The van der Waals surface area contributed by atoms with Gasteiger partial charge in [-0.2, -0.15) is 4.98 Å². The Hall–Kier alpha value is -3.88. The maximum absolute atomic E-state index is 13.1. The molecule has 1 aliphatic heterocycles. The van der Waals surface area contributed by atoms with E-state index in [2.05, 4.69) is 15.5 Å². The van der Waals surface area contributed by atoms with Gasteiger partial charge in [-0.1, -0.05) is 11.2 Å². The third kappa shape index (κ3) is 6.21. The molecule has 1 aromatic heterocycles. The molecule has 1 aliphatic rings. The van der Waals surface area contributed by atoms with Crippen molar-refractivity contribution in [2.45, 2.75) is 46.0 Å². The van der Waals surface area contributed by atoms with Crippen molar-refractivity contribution in [3.63, 3.8) is 0 Å². The van der Waals surface area contributed by atoms with E-state index in [0.29, 0.717) is 55.2 Å². The van der Waals surface area contributed by atoms with Crippen LogP contribution in [-0.2, 0) is 16.0 Å². The molecule has 0 radical (unpaired) electrons. The number of ether oxygens (including phenoxy) is 2. The van der Waals surface area contributed by atoms with E-state index in [1.54, 1.807) is 12.1 Å². The van der Waals surface area contributed by atoms with Crippen LogP contribution in [0.5, 0.6) is 11.5 Å². The molecule has 3 aromatic rings. The van der Waals surface area contributed by atoms with Crippen molar-refractivity contribution in [1.29, 1.82) is 0 Å². The van der Waals surface area contributed by atoms with Crippen LogP contribution in [-0.4, -0.2) is 53.2 Å². The molecule has 0 unspecified atom stereocenters. The molecular formula is C27H32N4O5. The normalized spacial score (nSPS) is 15.4. The molecule has 1 saturated heterocycles. The first-order valence-corrected chi connectivity index (χ1v) is 12.3.